The Bertz CT molecular complexity index is 2550. The summed E-state index contributed by atoms with van der Waals surface area (Å²) in [6.45, 7) is 11.8. The Hall–Kier alpha value is -4.82. The van der Waals surface area contributed by atoms with Gasteiger partial charge >= 0.3 is 27.6 Å². The number of phosphoric ester groups is 1. The van der Waals surface area contributed by atoms with Gasteiger partial charge < -0.3 is 57.1 Å². The number of ether oxygens (including phenoxy) is 6. The highest BCUT2D eigenvalue weighted by atomic mass is 31.2. The van der Waals surface area contributed by atoms with Crippen LogP contribution in [0.25, 0.3) is 21.8 Å². The van der Waals surface area contributed by atoms with Crippen molar-refractivity contribution in [1.29, 1.82) is 0 Å². The molecule has 4 N–H and O–H groups in total. The molecule has 4 aromatic rings. The van der Waals surface area contributed by atoms with Gasteiger partial charge in [-0.2, -0.15) is 0 Å². The Labute approximate surface area is 426 Å². The second kappa shape index (κ2) is 33.2. The average molecular weight is 1070 g/mol. The maximum atomic E-state index is 13.2. The van der Waals surface area contributed by atoms with E-state index in [9.17, 15) is 28.3 Å². The monoisotopic (exact) mass is 1070 g/mol. The van der Waals surface area contributed by atoms with Gasteiger partial charge in [-0.05, 0) is 52.7 Å². The van der Waals surface area contributed by atoms with Crippen molar-refractivity contribution in [3.8, 4) is 23.0 Å². The SMILES string of the molecule is CCCCCCCCCCOc1cc2c(=O)c(C(=O)OCC)cn(COOP(=O)(O)O)c2cc1OCC.CCCCCCCCCCOc1cc2c(=O)c(C(=O)OCC)cn(COP(=O)(O)O)c2cc1OCC. The highest BCUT2D eigenvalue weighted by molar-refractivity contribution is 7.46. The van der Waals surface area contributed by atoms with Crippen molar-refractivity contribution in [2.45, 2.75) is 158 Å². The number of rotatable bonds is 35. The predicted molar refractivity (Wildman–Crippen MR) is 274 cm³/mol. The second-order valence-electron chi connectivity index (χ2n) is 16.8. The van der Waals surface area contributed by atoms with Gasteiger partial charge in [0.15, 0.2) is 29.7 Å². The summed E-state index contributed by atoms with van der Waals surface area (Å²) in [6.07, 6.45) is 20.8. The third-order valence-electron chi connectivity index (χ3n) is 11.1. The van der Waals surface area contributed by atoms with Crippen molar-refractivity contribution in [3.63, 3.8) is 0 Å². The fourth-order valence-electron chi connectivity index (χ4n) is 7.60. The first-order valence-corrected chi connectivity index (χ1v) is 28.3. The van der Waals surface area contributed by atoms with Crippen molar-refractivity contribution in [1.82, 2.24) is 9.13 Å². The highest BCUT2D eigenvalue weighted by Gasteiger charge is 2.23. The van der Waals surface area contributed by atoms with E-state index in [1.54, 1.807) is 39.8 Å². The van der Waals surface area contributed by atoms with Gasteiger partial charge in [0.2, 0.25) is 10.9 Å². The zero-order valence-corrected chi connectivity index (χ0v) is 44.9. The summed E-state index contributed by atoms with van der Waals surface area (Å²) in [5.74, 6) is -0.221. The highest BCUT2D eigenvalue weighted by Crippen LogP contribution is 2.39. The fraction of sp³-hybridized carbons (Fsp3) is 0.600. The molecule has 73 heavy (non-hydrogen) atoms. The predicted octanol–water partition coefficient (Wildman–Crippen LogP) is 10.3. The van der Waals surface area contributed by atoms with Crippen LogP contribution in [0.2, 0.25) is 0 Å². The lowest BCUT2D eigenvalue weighted by atomic mass is 10.1. The molecule has 0 spiro atoms. The maximum Gasteiger partial charge on any atom is 0.496 e. The summed E-state index contributed by atoms with van der Waals surface area (Å²) in [7, 11) is -9.71. The molecule has 0 aliphatic rings. The quantitative estimate of drug-likeness (QED) is 0.0110. The minimum atomic E-state index is -4.90. The van der Waals surface area contributed by atoms with E-state index in [0.29, 0.717) is 49.4 Å². The number of aromatic nitrogens is 2. The third-order valence-corrected chi connectivity index (χ3v) is 11.9. The molecule has 0 amide bonds. The molecule has 0 radical (unpaired) electrons. The molecule has 0 fully saturated rings. The number of fused-ring (bicyclic) bond motifs is 2. The van der Waals surface area contributed by atoms with E-state index in [-0.39, 0.29) is 46.1 Å². The van der Waals surface area contributed by atoms with E-state index in [0.717, 1.165) is 44.7 Å². The van der Waals surface area contributed by atoms with E-state index >= 15 is 0 Å². The molecule has 0 saturated heterocycles. The van der Waals surface area contributed by atoms with Crippen LogP contribution < -0.4 is 29.8 Å². The van der Waals surface area contributed by atoms with E-state index < -0.39 is 51.9 Å². The van der Waals surface area contributed by atoms with E-state index in [1.807, 2.05) is 0 Å². The molecule has 4 rings (SSSR count). The van der Waals surface area contributed by atoms with E-state index in [4.69, 9.17) is 48.0 Å². The van der Waals surface area contributed by atoms with Gasteiger partial charge in [-0.3, -0.25) is 14.1 Å². The molecule has 2 aromatic heterocycles. The van der Waals surface area contributed by atoms with Gasteiger partial charge in [-0.1, -0.05) is 104 Å². The number of carbonyl (C=O) groups is 2. The summed E-state index contributed by atoms with van der Waals surface area (Å²) in [4.78, 5) is 91.8. The van der Waals surface area contributed by atoms with Gasteiger partial charge in [0.05, 0.1) is 61.4 Å². The molecular formula is C50H76N2O19P2. The molecule has 23 heteroatoms. The number of phosphoric acid groups is 2. The summed E-state index contributed by atoms with van der Waals surface area (Å²) < 4.78 is 66.8. The van der Waals surface area contributed by atoms with Crippen LogP contribution in [0.4, 0.5) is 0 Å². The van der Waals surface area contributed by atoms with Gasteiger partial charge in [-0.15, -0.1) is 4.67 Å². The Morgan fingerprint density at radius 1 is 0.479 bits per heavy atom. The number of hydrogen-bond acceptors (Lipinski definition) is 15. The van der Waals surface area contributed by atoms with Gasteiger partial charge in [-0.25, -0.2) is 23.6 Å². The summed E-state index contributed by atoms with van der Waals surface area (Å²) in [5, 5.41) is 0.240. The molecular weight excluding hydrogens is 994 g/mol. The molecule has 0 aliphatic heterocycles. The lowest BCUT2D eigenvalue weighted by Gasteiger charge is -2.17. The molecule has 0 atom stereocenters. The van der Waals surface area contributed by atoms with Crippen LogP contribution >= 0.6 is 15.6 Å². The third kappa shape index (κ3) is 21.9. The topological polar surface area (TPSA) is 276 Å². The van der Waals surface area contributed by atoms with Crippen LogP contribution in [0.5, 0.6) is 23.0 Å². The molecule has 21 nitrogen and oxygen atoms in total. The number of carbonyl (C=O) groups excluding carboxylic acids is 2. The molecule has 0 aliphatic carbocycles. The van der Waals surface area contributed by atoms with Crippen molar-refractivity contribution < 1.29 is 80.8 Å². The average Bonchev–Trinajstić information content (AvgIpc) is 3.33. The van der Waals surface area contributed by atoms with Gasteiger partial charge in [0.1, 0.15) is 17.9 Å². The number of pyridine rings is 2. The number of hydrogen-bond donors (Lipinski definition) is 4. The zero-order valence-electron chi connectivity index (χ0n) is 43.1. The van der Waals surface area contributed by atoms with Crippen LogP contribution in [-0.4, -0.2) is 80.3 Å². The van der Waals surface area contributed by atoms with E-state index in [2.05, 4.69) is 27.9 Å². The molecule has 2 aromatic carbocycles. The lowest BCUT2D eigenvalue weighted by Crippen LogP contribution is -2.21. The first-order valence-electron chi connectivity index (χ1n) is 25.3. The number of unbranched alkanes of at least 4 members (excludes halogenated alkanes) is 14. The standard InChI is InChI=1S/C25H38NO10P.C25H38NO9P/c1-4-7-8-9-10-11-12-13-14-34-22-15-19-21(16-23(22)32-5-2)26(18-35-36-37(29,30)31)17-20(24(19)27)25(28)33-6-3;1-4-7-8-9-10-11-12-13-14-34-22-15-19-21(16-23(22)32-5-2)26(18-35-36(29,30)31)17-20(24(19)27)25(28)33-6-3/h15-17H,4-14,18H2,1-3H3,(H2,29,30,31);15-17H,4-14,18H2,1-3H3,(H2,29,30,31). The van der Waals surface area contributed by atoms with E-state index in [1.165, 1.54) is 91.7 Å². The first-order chi connectivity index (χ1) is 34.9. The largest absolute Gasteiger partial charge is 0.496 e. The van der Waals surface area contributed by atoms with Crippen molar-refractivity contribution in [2.24, 2.45) is 0 Å². The smallest absolute Gasteiger partial charge is 0.490 e. The summed E-state index contributed by atoms with van der Waals surface area (Å²) in [6, 6.07) is 6.08. The Kier molecular flexibility index (Phi) is 28.4. The maximum absolute atomic E-state index is 13.2. The molecule has 0 bridgehead atoms. The normalized spacial score (nSPS) is 11.6. The molecule has 2 heterocycles. The number of esters is 2. The number of nitrogens with zero attached hydrogens (tertiary/aromatic N) is 2. The van der Waals surface area contributed by atoms with Crippen LogP contribution in [-0.2, 0) is 46.2 Å². The van der Waals surface area contributed by atoms with Crippen molar-refractivity contribution in [2.75, 3.05) is 39.6 Å². The minimum Gasteiger partial charge on any atom is -0.490 e. The van der Waals surface area contributed by atoms with Crippen LogP contribution in [0, 0.1) is 0 Å². The Morgan fingerprint density at radius 3 is 1.21 bits per heavy atom. The van der Waals surface area contributed by atoms with Crippen LogP contribution in [0.1, 0.15) is 165 Å². The van der Waals surface area contributed by atoms with Crippen LogP contribution in [0.15, 0.2) is 46.2 Å². The molecule has 0 unspecified atom stereocenters. The summed E-state index contributed by atoms with van der Waals surface area (Å²) in [5.41, 5.74) is -1.17. The first kappa shape index (κ1) is 62.5. The van der Waals surface area contributed by atoms with Crippen molar-refractivity contribution >= 4 is 49.4 Å². The molecule has 0 saturated carbocycles. The molecule has 410 valence electrons. The lowest BCUT2D eigenvalue weighted by molar-refractivity contribution is -0.247. The zero-order chi connectivity index (χ0) is 53.8. The van der Waals surface area contributed by atoms with Gasteiger partial charge in [0.25, 0.3) is 0 Å². The fourth-order valence-corrected chi connectivity index (χ4v) is 8.06. The Balaban J connectivity index is 0.000000385. The summed E-state index contributed by atoms with van der Waals surface area (Å²) >= 11 is 0. The number of benzene rings is 2. The van der Waals surface area contributed by atoms with Crippen molar-refractivity contribution in [3.05, 3.63) is 68.2 Å². The minimum absolute atomic E-state index is 0.0599. The van der Waals surface area contributed by atoms with Gasteiger partial charge in [0, 0.05) is 24.5 Å². The van der Waals surface area contributed by atoms with Crippen LogP contribution in [0.3, 0.4) is 0 Å². The second-order valence-corrected chi connectivity index (χ2v) is 19.2. The Morgan fingerprint density at radius 2 is 0.849 bits per heavy atom.